The topological polar surface area (TPSA) is 127 Å². The number of ether oxygens (including phenoxy) is 2. The summed E-state index contributed by atoms with van der Waals surface area (Å²) in [5, 5.41) is 16.6. The maximum Gasteiger partial charge on any atom is 0.332 e. The van der Waals surface area contributed by atoms with E-state index in [2.05, 4.69) is 0 Å². The van der Waals surface area contributed by atoms with Crippen LogP contribution in [0.1, 0.15) is 40.5 Å². The molecule has 8 heteroatoms. The van der Waals surface area contributed by atoms with E-state index in [1.54, 1.807) is 0 Å². The van der Waals surface area contributed by atoms with E-state index < -0.39 is 24.1 Å². The molecule has 0 aromatic heterocycles. The average Bonchev–Trinajstić information content (AvgIpc) is 2.37. The number of rotatable bonds is 10. The Morgan fingerprint density at radius 3 is 1.77 bits per heavy atom. The largest absolute Gasteiger partial charge is 0.481 e. The minimum atomic E-state index is -1.06. The van der Waals surface area contributed by atoms with Crippen molar-refractivity contribution in [1.29, 1.82) is 0 Å². The second-order valence-corrected chi connectivity index (χ2v) is 4.58. The molecule has 0 fully saturated rings. The average molecular weight is 320 g/mol. The lowest BCUT2D eigenvalue weighted by Gasteiger charge is -2.12. The van der Waals surface area contributed by atoms with Gasteiger partial charge in [0, 0.05) is 6.42 Å². The fourth-order valence-electron chi connectivity index (χ4n) is 0.938. The van der Waals surface area contributed by atoms with Gasteiger partial charge in [-0.05, 0) is 27.7 Å². The van der Waals surface area contributed by atoms with Crippen LogP contribution >= 0.6 is 0 Å². The quantitative estimate of drug-likeness (QED) is 0.569. The summed E-state index contributed by atoms with van der Waals surface area (Å²) in [6.45, 7) is 6.26. The predicted molar refractivity (Wildman–Crippen MR) is 76.7 cm³/mol. The maximum absolute atomic E-state index is 10.6. The molecule has 22 heavy (non-hydrogen) atoms. The van der Waals surface area contributed by atoms with Crippen LogP contribution in [0, 0.1) is 0 Å². The Labute approximate surface area is 129 Å². The number of ketones is 2. The van der Waals surface area contributed by atoms with Crippen LogP contribution in [0.25, 0.3) is 0 Å². The Morgan fingerprint density at radius 2 is 1.41 bits per heavy atom. The molecule has 0 aromatic carbocycles. The van der Waals surface area contributed by atoms with Crippen molar-refractivity contribution in [2.45, 2.75) is 52.7 Å². The molecule has 0 radical (unpaired) electrons. The summed E-state index contributed by atoms with van der Waals surface area (Å²) in [7, 11) is 0. The second-order valence-electron chi connectivity index (χ2n) is 4.58. The first kappa shape index (κ1) is 22.5. The van der Waals surface area contributed by atoms with Crippen molar-refractivity contribution >= 4 is 23.5 Å². The Bertz CT molecular complexity index is 343. The van der Waals surface area contributed by atoms with Crippen LogP contribution in [-0.4, -0.2) is 59.1 Å². The van der Waals surface area contributed by atoms with Gasteiger partial charge < -0.3 is 19.7 Å². The lowest BCUT2D eigenvalue weighted by Crippen LogP contribution is -2.28. The molecule has 0 aromatic rings. The Kier molecular flexibility index (Phi) is 13.2. The predicted octanol–water partition coefficient (Wildman–Crippen LogP) is 0.910. The van der Waals surface area contributed by atoms with Crippen LogP contribution in [0.5, 0.6) is 0 Å². The van der Waals surface area contributed by atoms with Gasteiger partial charge in [-0.15, -0.1) is 0 Å². The summed E-state index contributed by atoms with van der Waals surface area (Å²) < 4.78 is 9.68. The number of carboxylic acid groups (broad SMARTS) is 2. The zero-order chi connectivity index (χ0) is 17.7. The van der Waals surface area contributed by atoms with E-state index in [9.17, 15) is 19.2 Å². The number of aliphatic carboxylic acids is 2. The van der Waals surface area contributed by atoms with Gasteiger partial charge in [-0.3, -0.25) is 14.4 Å². The van der Waals surface area contributed by atoms with Gasteiger partial charge in [0.1, 0.15) is 11.9 Å². The smallest absolute Gasteiger partial charge is 0.332 e. The zero-order valence-corrected chi connectivity index (χ0v) is 13.3. The van der Waals surface area contributed by atoms with Crippen molar-refractivity contribution < 1.29 is 38.9 Å². The first-order valence-corrected chi connectivity index (χ1v) is 6.75. The van der Waals surface area contributed by atoms with Gasteiger partial charge in [0.15, 0.2) is 11.9 Å². The summed E-state index contributed by atoms with van der Waals surface area (Å²) in [5.74, 6) is -2.05. The van der Waals surface area contributed by atoms with Crippen LogP contribution in [0.15, 0.2) is 0 Å². The van der Waals surface area contributed by atoms with Gasteiger partial charge in [0.25, 0.3) is 0 Å². The number of carbonyl (C=O) groups is 4. The number of hydrogen-bond donors (Lipinski definition) is 2. The highest BCUT2D eigenvalue weighted by Crippen LogP contribution is 1.98. The fraction of sp³-hybridized carbons (Fsp3) is 0.714. The molecule has 0 heterocycles. The van der Waals surface area contributed by atoms with E-state index in [1.165, 1.54) is 27.7 Å². The summed E-state index contributed by atoms with van der Waals surface area (Å²) in [4.78, 5) is 41.1. The van der Waals surface area contributed by atoms with Gasteiger partial charge in [0.05, 0.1) is 19.6 Å². The monoisotopic (exact) mass is 320 g/mol. The number of hydrogen-bond acceptors (Lipinski definition) is 6. The summed E-state index contributed by atoms with van der Waals surface area (Å²) in [5.41, 5.74) is 0. The summed E-state index contributed by atoms with van der Waals surface area (Å²) >= 11 is 0. The molecular weight excluding hydrogens is 296 g/mol. The van der Waals surface area contributed by atoms with Gasteiger partial charge in [-0.1, -0.05) is 0 Å². The summed E-state index contributed by atoms with van der Waals surface area (Å²) in [6.07, 6.45) is -1.20. The lowest BCUT2D eigenvalue weighted by atomic mass is 10.3. The van der Waals surface area contributed by atoms with E-state index in [-0.39, 0.29) is 24.6 Å². The molecule has 0 saturated heterocycles. The van der Waals surface area contributed by atoms with Gasteiger partial charge >= 0.3 is 11.9 Å². The van der Waals surface area contributed by atoms with Crippen molar-refractivity contribution in [3.63, 3.8) is 0 Å². The normalized spacial score (nSPS) is 12.5. The van der Waals surface area contributed by atoms with Gasteiger partial charge in [0.2, 0.25) is 0 Å². The van der Waals surface area contributed by atoms with E-state index in [0.29, 0.717) is 13.0 Å². The van der Waals surface area contributed by atoms with Gasteiger partial charge in [-0.25, -0.2) is 4.79 Å². The van der Waals surface area contributed by atoms with Crippen molar-refractivity contribution in [2.75, 3.05) is 13.2 Å². The molecular formula is C14H24O8. The Balaban J connectivity index is 0. The molecule has 8 nitrogen and oxygen atoms in total. The molecule has 2 atom stereocenters. The molecule has 0 spiro atoms. The minimum absolute atomic E-state index is 0.00208. The highest BCUT2D eigenvalue weighted by Gasteiger charge is 2.17. The zero-order valence-electron chi connectivity index (χ0n) is 13.3. The van der Waals surface area contributed by atoms with Crippen LogP contribution in [-0.2, 0) is 28.7 Å². The highest BCUT2D eigenvalue weighted by molar-refractivity contribution is 5.80. The third-order valence-electron chi connectivity index (χ3n) is 2.39. The Morgan fingerprint density at radius 1 is 0.909 bits per heavy atom. The van der Waals surface area contributed by atoms with E-state index in [0.717, 1.165) is 0 Å². The Hall–Kier alpha value is -1.80. The van der Waals surface area contributed by atoms with E-state index in [1.807, 2.05) is 0 Å². The SMILES string of the molecule is CC(=O)C(C)OC(C)C(=O)O.CC(=O)CCOCCC(=O)O. The third-order valence-corrected chi connectivity index (χ3v) is 2.39. The lowest BCUT2D eigenvalue weighted by molar-refractivity contribution is -0.154. The fourth-order valence-corrected chi connectivity index (χ4v) is 0.938. The van der Waals surface area contributed by atoms with Crippen molar-refractivity contribution in [3.8, 4) is 0 Å². The highest BCUT2D eigenvalue weighted by atomic mass is 16.5. The summed E-state index contributed by atoms with van der Waals surface area (Å²) in [6, 6.07) is 0. The molecule has 0 amide bonds. The van der Waals surface area contributed by atoms with Crippen LogP contribution < -0.4 is 0 Å². The van der Waals surface area contributed by atoms with Crippen LogP contribution in [0.2, 0.25) is 0 Å². The first-order valence-electron chi connectivity index (χ1n) is 6.75. The number of carbonyl (C=O) groups excluding carboxylic acids is 2. The van der Waals surface area contributed by atoms with E-state index in [4.69, 9.17) is 19.7 Å². The first-order chi connectivity index (χ1) is 10.1. The van der Waals surface area contributed by atoms with Crippen LogP contribution in [0.3, 0.4) is 0 Å². The van der Waals surface area contributed by atoms with Crippen molar-refractivity contribution in [1.82, 2.24) is 0 Å². The third kappa shape index (κ3) is 16.3. The molecule has 0 saturated carbocycles. The van der Waals surface area contributed by atoms with Gasteiger partial charge in [-0.2, -0.15) is 0 Å². The number of Topliss-reactive ketones (excluding diaryl/α,β-unsaturated/α-hetero) is 2. The standard InChI is InChI=1S/2C7H12O4/c1-6(8)2-4-11-5-3-7(9)10;1-4(8)5(2)11-6(3)7(9)10/h2-5H2,1H3,(H,9,10);5-6H,1-3H3,(H,9,10). The molecule has 0 aliphatic carbocycles. The molecule has 2 unspecified atom stereocenters. The van der Waals surface area contributed by atoms with Crippen molar-refractivity contribution in [3.05, 3.63) is 0 Å². The molecule has 0 aliphatic rings. The molecule has 0 bridgehead atoms. The molecule has 0 aliphatic heterocycles. The van der Waals surface area contributed by atoms with E-state index >= 15 is 0 Å². The van der Waals surface area contributed by atoms with Crippen molar-refractivity contribution in [2.24, 2.45) is 0 Å². The van der Waals surface area contributed by atoms with Crippen LogP contribution in [0.4, 0.5) is 0 Å². The number of carboxylic acids is 2. The second kappa shape index (κ2) is 12.9. The minimum Gasteiger partial charge on any atom is -0.481 e. The molecule has 128 valence electrons. The maximum atomic E-state index is 10.6. The molecule has 2 N–H and O–H groups in total. The molecule has 0 rings (SSSR count).